The molecule has 164 valence electrons. The topological polar surface area (TPSA) is 87.5 Å². The second-order valence-electron chi connectivity index (χ2n) is 6.33. The SMILES string of the molecule is CC/C(Br)=C\C(=CNNC(N=CC(C)F)=NCN1CCCOCC1)C(=O)COC. The highest BCUT2D eigenvalue weighted by Crippen LogP contribution is 2.13. The van der Waals surface area contributed by atoms with Crippen molar-refractivity contribution in [3.63, 3.8) is 0 Å². The largest absolute Gasteiger partial charge is 0.380 e. The fraction of sp³-hybridized carbons (Fsp3) is 0.632. The molecule has 0 aromatic heterocycles. The molecule has 1 aliphatic rings. The summed E-state index contributed by atoms with van der Waals surface area (Å²) < 4.78 is 24.4. The number of halogens is 2. The van der Waals surface area contributed by atoms with Gasteiger partial charge < -0.3 is 14.9 Å². The number of nitrogens with zero attached hydrogens (tertiary/aromatic N) is 3. The fourth-order valence-electron chi connectivity index (χ4n) is 2.26. The van der Waals surface area contributed by atoms with E-state index in [9.17, 15) is 9.18 Å². The Bertz CT molecular complexity index is 615. The molecule has 1 saturated heterocycles. The number of hydrazine groups is 1. The van der Waals surface area contributed by atoms with Crippen LogP contribution < -0.4 is 10.9 Å². The van der Waals surface area contributed by atoms with E-state index in [-0.39, 0.29) is 18.3 Å². The van der Waals surface area contributed by atoms with Gasteiger partial charge in [0.15, 0.2) is 5.78 Å². The Balaban J connectivity index is 2.83. The van der Waals surface area contributed by atoms with E-state index in [1.165, 1.54) is 20.2 Å². The normalized spacial score (nSPS) is 18.6. The molecule has 1 rings (SSSR count). The summed E-state index contributed by atoms with van der Waals surface area (Å²) in [4.78, 5) is 22.8. The maximum atomic E-state index is 13.2. The molecule has 29 heavy (non-hydrogen) atoms. The quantitative estimate of drug-likeness (QED) is 0.166. The van der Waals surface area contributed by atoms with Crippen molar-refractivity contribution in [3.05, 3.63) is 22.3 Å². The maximum absolute atomic E-state index is 13.2. The Morgan fingerprint density at radius 2 is 2.21 bits per heavy atom. The van der Waals surface area contributed by atoms with Gasteiger partial charge in [-0.05, 0) is 30.3 Å². The fourth-order valence-corrected chi connectivity index (χ4v) is 2.50. The third-order valence-electron chi connectivity index (χ3n) is 3.80. The van der Waals surface area contributed by atoms with Crippen LogP contribution in [-0.4, -0.2) is 75.7 Å². The van der Waals surface area contributed by atoms with Crippen molar-refractivity contribution < 1.29 is 18.7 Å². The molecule has 0 amide bonds. The Hall–Kier alpha value is -1.62. The van der Waals surface area contributed by atoms with E-state index >= 15 is 0 Å². The molecule has 0 radical (unpaired) electrons. The minimum Gasteiger partial charge on any atom is -0.380 e. The number of alkyl halides is 1. The van der Waals surface area contributed by atoms with Gasteiger partial charge >= 0.3 is 0 Å². The van der Waals surface area contributed by atoms with E-state index in [2.05, 4.69) is 41.7 Å². The van der Waals surface area contributed by atoms with E-state index in [0.29, 0.717) is 18.8 Å². The number of rotatable bonds is 10. The third-order valence-corrected chi connectivity index (χ3v) is 4.59. The average Bonchev–Trinajstić information content (AvgIpc) is 2.97. The Labute approximate surface area is 180 Å². The number of carbonyl (C=O) groups excluding carboxylic acids is 1. The smallest absolute Gasteiger partial charge is 0.238 e. The van der Waals surface area contributed by atoms with Crippen LogP contribution in [0.4, 0.5) is 4.39 Å². The third kappa shape index (κ3) is 11.8. The first kappa shape index (κ1) is 25.4. The molecule has 0 spiro atoms. The van der Waals surface area contributed by atoms with Gasteiger partial charge in [-0.3, -0.25) is 15.1 Å². The maximum Gasteiger partial charge on any atom is 0.238 e. The lowest BCUT2D eigenvalue weighted by Crippen LogP contribution is -2.35. The number of Topliss-reactive ketones (excluding diaryl/α,β-unsaturated/α-hetero) is 1. The lowest BCUT2D eigenvalue weighted by atomic mass is 10.1. The highest BCUT2D eigenvalue weighted by molar-refractivity contribution is 9.11. The van der Waals surface area contributed by atoms with E-state index < -0.39 is 6.17 Å². The summed E-state index contributed by atoms with van der Waals surface area (Å²) in [5.74, 6) is 0.0316. The molecule has 0 aromatic carbocycles. The molecule has 1 fully saturated rings. The predicted molar refractivity (Wildman–Crippen MR) is 117 cm³/mol. The second-order valence-corrected chi connectivity index (χ2v) is 7.35. The van der Waals surface area contributed by atoms with Crippen molar-refractivity contribution in [1.82, 2.24) is 15.8 Å². The van der Waals surface area contributed by atoms with Crippen LogP contribution in [0.25, 0.3) is 0 Å². The number of ether oxygens (including phenoxy) is 2. The highest BCUT2D eigenvalue weighted by atomic mass is 79.9. The van der Waals surface area contributed by atoms with Crippen LogP contribution in [0.15, 0.2) is 32.3 Å². The van der Waals surface area contributed by atoms with Crippen molar-refractivity contribution >= 4 is 33.9 Å². The van der Waals surface area contributed by atoms with Crippen LogP contribution in [0, 0.1) is 0 Å². The summed E-state index contributed by atoms with van der Waals surface area (Å²) in [6, 6.07) is 0. The number of hydrogen-bond donors (Lipinski definition) is 2. The first-order valence-corrected chi connectivity index (χ1v) is 10.4. The number of guanidine groups is 1. The first-order chi connectivity index (χ1) is 14.0. The number of nitrogens with one attached hydrogen (secondary N) is 2. The standard InChI is InChI=1S/C19H31BrFN5O3/c1-4-17(20)10-16(18(27)13-28-3)12-24-25-19(22-11-15(2)21)23-14-26-6-5-8-29-9-7-26/h10-12,15,24H,4-9,13-14H2,1-3H3,(H,23,25)/b16-12?,17-10+,22-11?. The van der Waals surface area contributed by atoms with Gasteiger partial charge in [0.2, 0.25) is 5.96 Å². The summed E-state index contributed by atoms with van der Waals surface area (Å²) in [7, 11) is 1.46. The molecule has 0 bridgehead atoms. The van der Waals surface area contributed by atoms with Crippen LogP contribution in [-0.2, 0) is 14.3 Å². The number of ketones is 1. The molecule has 0 aliphatic carbocycles. The summed E-state index contributed by atoms with van der Waals surface area (Å²) in [6.07, 6.45) is 4.86. The molecule has 1 heterocycles. The van der Waals surface area contributed by atoms with Gasteiger partial charge in [0.1, 0.15) is 12.8 Å². The Morgan fingerprint density at radius 1 is 1.41 bits per heavy atom. The van der Waals surface area contributed by atoms with Crippen LogP contribution in [0.1, 0.15) is 26.7 Å². The van der Waals surface area contributed by atoms with Gasteiger partial charge in [0.25, 0.3) is 0 Å². The second kappa shape index (κ2) is 15.3. The van der Waals surface area contributed by atoms with E-state index in [0.717, 1.165) is 43.2 Å². The number of allylic oxidation sites excluding steroid dienone is 2. The van der Waals surface area contributed by atoms with Crippen molar-refractivity contribution in [2.45, 2.75) is 32.9 Å². The monoisotopic (exact) mass is 475 g/mol. The van der Waals surface area contributed by atoms with Gasteiger partial charge in [0.05, 0.1) is 13.3 Å². The minimum absolute atomic E-state index is 0.0382. The molecular weight excluding hydrogens is 445 g/mol. The van der Waals surface area contributed by atoms with Gasteiger partial charge in [-0.2, -0.15) is 0 Å². The summed E-state index contributed by atoms with van der Waals surface area (Å²) in [6.45, 7) is 6.78. The number of hydrogen-bond acceptors (Lipinski definition) is 6. The van der Waals surface area contributed by atoms with Gasteiger partial charge in [-0.1, -0.05) is 22.9 Å². The van der Waals surface area contributed by atoms with Crippen LogP contribution in [0.3, 0.4) is 0 Å². The zero-order valence-electron chi connectivity index (χ0n) is 17.3. The molecule has 2 N–H and O–H groups in total. The molecule has 8 nitrogen and oxygen atoms in total. The van der Waals surface area contributed by atoms with E-state index in [1.54, 1.807) is 6.08 Å². The molecule has 1 unspecified atom stereocenters. The first-order valence-electron chi connectivity index (χ1n) is 9.59. The molecule has 1 atom stereocenters. The summed E-state index contributed by atoms with van der Waals surface area (Å²) in [5, 5.41) is 0. The van der Waals surface area contributed by atoms with Crippen molar-refractivity contribution in [1.29, 1.82) is 0 Å². The highest BCUT2D eigenvalue weighted by Gasteiger charge is 2.09. The zero-order valence-corrected chi connectivity index (χ0v) is 18.9. The summed E-state index contributed by atoms with van der Waals surface area (Å²) in [5.41, 5.74) is 6.04. The number of methoxy groups -OCH3 is 1. The lowest BCUT2D eigenvalue weighted by molar-refractivity contribution is -0.118. The predicted octanol–water partition coefficient (Wildman–Crippen LogP) is 2.33. The average molecular weight is 476 g/mol. The molecular formula is C19H31BrFN5O3. The van der Waals surface area contributed by atoms with Gasteiger partial charge in [-0.15, -0.1) is 0 Å². The molecule has 0 saturated carbocycles. The lowest BCUT2D eigenvalue weighted by Gasteiger charge is -2.16. The Kier molecular flexibility index (Phi) is 13.4. The van der Waals surface area contributed by atoms with Crippen molar-refractivity contribution in [3.8, 4) is 0 Å². The number of carbonyl (C=O) groups is 1. The van der Waals surface area contributed by atoms with Crippen LogP contribution >= 0.6 is 15.9 Å². The molecule has 1 aliphatic heterocycles. The van der Waals surface area contributed by atoms with Gasteiger partial charge in [-0.25, -0.2) is 14.4 Å². The van der Waals surface area contributed by atoms with Crippen LogP contribution in [0.2, 0.25) is 0 Å². The van der Waals surface area contributed by atoms with E-state index in [4.69, 9.17) is 9.47 Å². The van der Waals surface area contributed by atoms with Crippen molar-refractivity contribution in [2.75, 3.05) is 46.7 Å². The van der Waals surface area contributed by atoms with Crippen molar-refractivity contribution in [2.24, 2.45) is 9.98 Å². The van der Waals surface area contributed by atoms with Gasteiger partial charge in [0, 0.05) is 44.8 Å². The Morgan fingerprint density at radius 3 is 2.90 bits per heavy atom. The minimum atomic E-state index is -1.20. The molecule has 0 aromatic rings. The number of aliphatic imine (C=N–C) groups is 2. The van der Waals surface area contributed by atoms with Crippen LogP contribution in [0.5, 0.6) is 0 Å². The molecule has 10 heteroatoms. The van der Waals surface area contributed by atoms with E-state index in [1.807, 2.05) is 6.92 Å². The zero-order chi connectivity index (χ0) is 21.5. The summed E-state index contributed by atoms with van der Waals surface area (Å²) >= 11 is 3.41.